The van der Waals surface area contributed by atoms with Crippen molar-refractivity contribution in [2.24, 2.45) is 0 Å². The molecule has 0 fully saturated rings. The van der Waals surface area contributed by atoms with Gasteiger partial charge in [0.15, 0.2) is 0 Å². The fourth-order valence-electron chi connectivity index (χ4n) is 1.89. The fraction of sp³-hybridized carbons (Fsp3) is 0.188. The zero-order valence-electron chi connectivity index (χ0n) is 12.7. The molecule has 0 aliphatic carbocycles. The van der Waals surface area contributed by atoms with Gasteiger partial charge in [0, 0.05) is 17.0 Å². The predicted octanol–water partition coefficient (Wildman–Crippen LogP) is 3.72. The van der Waals surface area contributed by atoms with Crippen LogP contribution in [0.15, 0.2) is 53.4 Å². The maximum absolute atomic E-state index is 12.3. The second-order valence-electron chi connectivity index (χ2n) is 4.70. The Morgan fingerprint density at radius 3 is 2.48 bits per heavy atom. The molecule has 120 valence electrons. The monoisotopic (exact) mass is 332 g/mol. The second kappa shape index (κ2) is 7.64. The zero-order chi connectivity index (χ0) is 16.8. The van der Waals surface area contributed by atoms with Crippen LogP contribution in [0.1, 0.15) is 6.92 Å². The van der Waals surface area contributed by atoms with Crippen LogP contribution in [0.3, 0.4) is 0 Å². The molecule has 0 saturated carbocycles. The average Bonchev–Trinajstić information content (AvgIpc) is 2.55. The third-order valence-electron chi connectivity index (χ3n) is 3.09. The van der Waals surface area contributed by atoms with Gasteiger partial charge in [-0.2, -0.15) is 0 Å². The number of non-ortho nitro benzene ring substituents is 1. The lowest BCUT2D eigenvalue weighted by Crippen LogP contribution is -2.22. The first-order chi connectivity index (χ1) is 11.0. The number of nitrogens with zero attached hydrogens (tertiary/aromatic N) is 1. The van der Waals surface area contributed by atoms with Crippen molar-refractivity contribution in [3.05, 3.63) is 58.6 Å². The minimum absolute atomic E-state index is 0.0282. The Kier molecular flexibility index (Phi) is 5.59. The Bertz CT molecular complexity index is 703. The average molecular weight is 332 g/mol. The van der Waals surface area contributed by atoms with E-state index in [2.05, 4.69) is 5.32 Å². The molecular formula is C16H16N2O4S. The van der Waals surface area contributed by atoms with Gasteiger partial charge in [0.1, 0.15) is 5.75 Å². The number of anilines is 1. The van der Waals surface area contributed by atoms with Gasteiger partial charge in [0.05, 0.1) is 23.0 Å². The van der Waals surface area contributed by atoms with Crippen LogP contribution >= 0.6 is 11.8 Å². The first-order valence-corrected chi connectivity index (χ1v) is 7.74. The van der Waals surface area contributed by atoms with Crippen molar-refractivity contribution in [3.63, 3.8) is 0 Å². The highest BCUT2D eigenvalue weighted by molar-refractivity contribution is 8.00. The molecule has 7 heteroatoms. The number of nitro benzene ring substituents is 1. The number of carbonyl (C=O) groups is 1. The lowest BCUT2D eigenvalue weighted by Gasteiger charge is -2.14. The number of hydrogen-bond acceptors (Lipinski definition) is 5. The van der Waals surface area contributed by atoms with E-state index >= 15 is 0 Å². The second-order valence-corrected chi connectivity index (χ2v) is 6.11. The van der Waals surface area contributed by atoms with Gasteiger partial charge in [-0.25, -0.2) is 0 Å². The number of carbonyl (C=O) groups excluding carboxylic acids is 1. The summed E-state index contributed by atoms with van der Waals surface area (Å²) in [5, 5.41) is 13.1. The van der Waals surface area contributed by atoms with Crippen LogP contribution in [-0.4, -0.2) is 23.2 Å². The Hall–Kier alpha value is -2.54. The van der Waals surface area contributed by atoms with Crippen LogP contribution < -0.4 is 10.1 Å². The molecule has 2 aromatic carbocycles. The molecule has 23 heavy (non-hydrogen) atoms. The minimum atomic E-state index is -0.452. The summed E-state index contributed by atoms with van der Waals surface area (Å²) in [5.74, 6) is 0.422. The predicted molar refractivity (Wildman–Crippen MR) is 90.0 cm³/mol. The van der Waals surface area contributed by atoms with Crippen LogP contribution in [-0.2, 0) is 4.79 Å². The van der Waals surface area contributed by atoms with Crippen molar-refractivity contribution >= 4 is 29.0 Å². The number of nitrogens with one attached hydrogen (secondary N) is 1. The molecule has 2 rings (SSSR count). The Labute approximate surface area is 138 Å². The Morgan fingerprint density at radius 1 is 1.22 bits per heavy atom. The van der Waals surface area contributed by atoms with Crippen LogP contribution in [0.5, 0.6) is 5.75 Å². The number of methoxy groups -OCH3 is 1. The van der Waals surface area contributed by atoms with Crippen LogP contribution in [0.4, 0.5) is 11.4 Å². The molecule has 0 aromatic heterocycles. The number of nitro groups is 1. The molecule has 0 aliphatic rings. The van der Waals surface area contributed by atoms with Crippen molar-refractivity contribution in [3.8, 4) is 5.75 Å². The van der Waals surface area contributed by atoms with E-state index in [1.54, 1.807) is 38.3 Å². The third kappa shape index (κ3) is 4.46. The molecule has 0 radical (unpaired) electrons. The first-order valence-electron chi connectivity index (χ1n) is 6.86. The molecule has 1 atom stereocenters. The normalized spacial score (nSPS) is 11.6. The van der Waals surface area contributed by atoms with Gasteiger partial charge in [-0.05, 0) is 31.2 Å². The number of benzene rings is 2. The molecule has 6 nitrogen and oxygen atoms in total. The summed E-state index contributed by atoms with van der Waals surface area (Å²) in [7, 11) is 1.54. The van der Waals surface area contributed by atoms with E-state index < -0.39 is 4.92 Å². The van der Waals surface area contributed by atoms with Gasteiger partial charge in [-0.15, -0.1) is 11.8 Å². The number of amides is 1. The van der Waals surface area contributed by atoms with Crippen molar-refractivity contribution in [2.75, 3.05) is 12.4 Å². The SMILES string of the molecule is COc1ccccc1NC(=O)C(C)Sc1ccc([N+](=O)[O-])cc1. The zero-order valence-corrected chi connectivity index (χ0v) is 13.5. The lowest BCUT2D eigenvalue weighted by molar-refractivity contribution is -0.384. The summed E-state index contributed by atoms with van der Waals surface area (Å²) in [6, 6.07) is 13.3. The number of ether oxygens (including phenoxy) is 1. The highest BCUT2D eigenvalue weighted by atomic mass is 32.2. The number of hydrogen-bond donors (Lipinski definition) is 1. The molecule has 0 aliphatic heterocycles. The van der Waals surface area contributed by atoms with Crippen molar-refractivity contribution in [1.29, 1.82) is 0 Å². The molecule has 0 bridgehead atoms. The summed E-state index contributed by atoms with van der Waals surface area (Å²) in [6.07, 6.45) is 0. The quantitative estimate of drug-likeness (QED) is 0.495. The van der Waals surface area contributed by atoms with Crippen molar-refractivity contribution in [1.82, 2.24) is 0 Å². The van der Waals surface area contributed by atoms with Gasteiger partial charge >= 0.3 is 0 Å². The molecule has 0 heterocycles. The Morgan fingerprint density at radius 2 is 1.87 bits per heavy atom. The molecule has 1 amide bonds. The molecule has 0 spiro atoms. The summed E-state index contributed by atoms with van der Waals surface area (Å²) in [6.45, 7) is 1.77. The summed E-state index contributed by atoms with van der Waals surface area (Å²) in [5.41, 5.74) is 0.636. The van der Waals surface area contributed by atoms with Gasteiger partial charge in [0.25, 0.3) is 5.69 Å². The number of rotatable bonds is 6. The fourth-order valence-corrected chi connectivity index (χ4v) is 2.75. The van der Waals surface area contributed by atoms with E-state index in [9.17, 15) is 14.9 Å². The summed E-state index contributed by atoms with van der Waals surface area (Å²) >= 11 is 1.33. The smallest absolute Gasteiger partial charge is 0.269 e. The lowest BCUT2D eigenvalue weighted by atomic mass is 10.3. The number of para-hydroxylation sites is 2. The Balaban J connectivity index is 2.01. The topological polar surface area (TPSA) is 81.5 Å². The molecule has 1 unspecified atom stereocenters. The maximum Gasteiger partial charge on any atom is 0.269 e. The number of thioether (sulfide) groups is 1. The van der Waals surface area contributed by atoms with Crippen LogP contribution in [0.2, 0.25) is 0 Å². The van der Waals surface area contributed by atoms with Gasteiger partial charge in [-0.1, -0.05) is 12.1 Å². The third-order valence-corrected chi connectivity index (χ3v) is 4.21. The standard InChI is InChI=1S/C16H16N2O4S/c1-11(23-13-9-7-12(8-10-13)18(20)21)16(19)17-14-5-3-4-6-15(14)22-2/h3-11H,1-2H3,(H,17,19). The van der Waals surface area contributed by atoms with E-state index in [1.807, 2.05) is 12.1 Å². The largest absolute Gasteiger partial charge is 0.495 e. The highest BCUT2D eigenvalue weighted by Crippen LogP contribution is 2.28. The van der Waals surface area contributed by atoms with E-state index in [0.29, 0.717) is 11.4 Å². The van der Waals surface area contributed by atoms with Gasteiger partial charge in [0.2, 0.25) is 5.91 Å². The van der Waals surface area contributed by atoms with Crippen molar-refractivity contribution in [2.45, 2.75) is 17.1 Å². The molecule has 0 saturated heterocycles. The van der Waals surface area contributed by atoms with E-state index in [-0.39, 0.29) is 16.8 Å². The summed E-state index contributed by atoms with van der Waals surface area (Å²) in [4.78, 5) is 23.2. The van der Waals surface area contributed by atoms with Crippen molar-refractivity contribution < 1.29 is 14.5 Å². The van der Waals surface area contributed by atoms with Crippen LogP contribution in [0, 0.1) is 10.1 Å². The van der Waals surface area contributed by atoms with Gasteiger partial charge in [-0.3, -0.25) is 14.9 Å². The minimum Gasteiger partial charge on any atom is -0.495 e. The van der Waals surface area contributed by atoms with Gasteiger partial charge < -0.3 is 10.1 Å². The first kappa shape index (κ1) is 16.8. The maximum atomic E-state index is 12.3. The molecular weight excluding hydrogens is 316 g/mol. The molecule has 1 N–H and O–H groups in total. The van der Waals surface area contributed by atoms with E-state index in [0.717, 1.165) is 4.90 Å². The van der Waals surface area contributed by atoms with E-state index in [4.69, 9.17) is 4.74 Å². The molecule has 2 aromatic rings. The van der Waals surface area contributed by atoms with Crippen LogP contribution in [0.25, 0.3) is 0 Å². The highest BCUT2D eigenvalue weighted by Gasteiger charge is 2.16. The summed E-state index contributed by atoms with van der Waals surface area (Å²) < 4.78 is 5.19. The van der Waals surface area contributed by atoms with E-state index in [1.165, 1.54) is 23.9 Å².